The summed E-state index contributed by atoms with van der Waals surface area (Å²) in [4.78, 5) is 0.422. The molecule has 1 heterocycles. The van der Waals surface area contributed by atoms with Crippen molar-refractivity contribution in [1.29, 1.82) is 0 Å². The molecule has 4 rings (SSSR count). The zero-order valence-corrected chi connectivity index (χ0v) is 20.4. The second kappa shape index (κ2) is 8.46. The van der Waals surface area contributed by atoms with Crippen LogP contribution in [0.2, 0.25) is 0 Å². The molecule has 0 aliphatic carbocycles. The van der Waals surface area contributed by atoms with Crippen LogP contribution >= 0.6 is 0 Å². The van der Waals surface area contributed by atoms with E-state index >= 15 is 0 Å². The molecule has 158 valence electrons. The van der Waals surface area contributed by atoms with Crippen molar-refractivity contribution in [2.75, 3.05) is 0 Å². The molecule has 0 N–H and O–H groups in total. The Morgan fingerprint density at radius 1 is 0.806 bits per heavy atom. The SMILES string of the molecule is Cc1ccc(S(=O)(=O)c2c(-c3c(C)cc(C)cc3C)noc2[Se]c2ccccc2)cc1. The second-order valence-electron chi connectivity index (χ2n) is 7.65. The van der Waals surface area contributed by atoms with E-state index in [4.69, 9.17) is 4.52 Å². The summed E-state index contributed by atoms with van der Waals surface area (Å²) in [6.45, 7) is 7.92. The van der Waals surface area contributed by atoms with Gasteiger partial charge in [-0.15, -0.1) is 0 Å². The van der Waals surface area contributed by atoms with Crippen molar-refractivity contribution in [2.24, 2.45) is 0 Å². The van der Waals surface area contributed by atoms with Crippen LogP contribution in [0.15, 0.2) is 81.0 Å². The van der Waals surface area contributed by atoms with E-state index in [2.05, 4.69) is 5.16 Å². The summed E-state index contributed by atoms with van der Waals surface area (Å²) in [5.41, 5.74) is 5.29. The molecule has 0 spiro atoms. The van der Waals surface area contributed by atoms with Crippen molar-refractivity contribution >= 4 is 33.9 Å². The van der Waals surface area contributed by atoms with Crippen molar-refractivity contribution < 1.29 is 12.9 Å². The van der Waals surface area contributed by atoms with Crippen LogP contribution in [0.25, 0.3) is 11.3 Å². The molecule has 3 aromatic carbocycles. The van der Waals surface area contributed by atoms with E-state index < -0.39 is 9.84 Å². The van der Waals surface area contributed by atoms with Gasteiger partial charge >= 0.3 is 190 Å². The first-order valence-electron chi connectivity index (χ1n) is 9.90. The molecule has 0 aliphatic rings. The molecule has 0 amide bonds. The molecule has 6 heteroatoms. The van der Waals surface area contributed by atoms with Crippen LogP contribution in [-0.2, 0) is 9.84 Å². The summed E-state index contributed by atoms with van der Waals surface area (Å²) in [5.74, 6) is 0. The van der Waals surface area contributed by atoms with E-state index in [0.717, 1.165) is 32.3 Å². The third kappa shape index (κ3) is 4.24. The summed E-state index contributed by atoms with van der Waals surface area (Å²) in [7, 11) is -3.83. The molecule has 0 aliphatic heterocycles. The molecule has 0 fully saturated rings. The van der Waals surface area contributed by atoms with E-state index in [1.807, 2.05) is 82.3 Å². The van der Waals surface area contributed by atoms with Gasteiger partial charge in [-0.25, -0.2) is 0 Å². The summed E-state index contributed by atoms with van der Waals surface area (Å²) < 4.78 is 34.8. The predicted octanol–water partition coefficient (Wildman–Crippen LogP) is 4.06. The Morgan fingerprint density at radius 2 is 1.42 bits per heavy atom. The average molecular weight is 496 g/mol. The van der Waals surface area contributed by atoms with Crippen LogP contribution < -0.4 is 9.12 Å². The van der Waals surface area contributed by atoms with Crippen LogP contribution in [0.1, 0.15) is 22.3 Å². The van der Waals surface area contributed by atoms with Gasteiger partial charge in [-0.2, -0.15) is 0 Å². The zero-order chi connectivity index (χ0) is 22.2. The normalized spacial score (nSPS) is 11.6. The number of nitrogens with zero attached hydrogens (tertiary/aromatic N) is 1. The van der Waals surface area contributed by atoms with Crippen LogP contribution in [0.5, 0.6) is 0 Å². The van der Waals surface area contributed by atoms with Crippen LogP contribution in [0.4, 0.5) is 0 Å². The summed E-state index contributed by atoms with van der Waals surface area (Å²) in [6, 6.07) is 20.8. The fourth-order valence-corrected chi connectivity index (χ4v) is 7.62. The Balaban J connectivity index is 1.96. The monoisotopic (exact) mass is 497 g/mol. The Morgan fingerprint density at radius 3 is 2.03 bits per heavy atom. The summed E-state index contributed by atoms with van der Waals surface area (Å²) >= 11 is -0.341. The van der Waals surface area contributed by atoms with Gasteiger partial charge in [0.15, 0.2) is 0 Å². The van der Waals surface area contributed by atoms with Crippen molar-refractivity contribution in [1.82, 2.24) is 5.16 Å². The van der Waals surface area contributed by atoms with Gasteiger partial charge in [-0.1, -0.05) is 0 Å². The Bertz CT molecular complexity index is 1320. The van der Waals surface area contributed by atoms with E-state index in [0.29, 0.717) is 10.4 Å². The van der Waals surface area contributed by atoms with E-state index in [9.17, 15) is 8.42 Å². The summed E-state index contributed by atoms with van der Waals surface area (Å²) in [5, 5.41) is 4.30. The second-order valence-corrected chi connectivity index (χ2v) is 11.7. The van der Waals surface area contributed by atoms with E-state index in [-0.39, 0.29) is 24.7 Å². The number of benzene rings is 3. The topological polar surface area (TPSA) is 60.2 Å². The standard InChI is InChI=1S/C25H23NO3SSe/c1-16-10-12-20(13-11-16)30(27,28)24-23(22-18(3)14-17(2)15-19(22)4)26-29-25(24)31-21-8-6-5-7-9-21/h5-15H,1-4H3. The first-order valence-corrected chi connectivity index (χ1v) is 13.1. The number of aromatic nitrogens is 1. The van der Waals surface area contributed by atoms with Crippen molar-refractivity contribution in [3.63, 3.8) is 0 Å². The predicted molar refractivity (Wildman–Crippen MR) is 124 cm³/mol. The molecule has 1 aromatic heterocycles. The number of hydrogen-bond acceptors (Lipinski definition) is 4. The minimum absolute atomic E-state index is 0.176. The molecule has 0 bridgehead atoms. The number of sulfone groups is 1. The number of hydrogen-bond donors (Lipinski definition) is 0. The van der Waals surface area contributed by atoms with Gasteiger partial charge < -0.3 is 0 Å². The molecule has 4 nitrogen and oxygen atoms in total. The van der Waals surface area contributed by atoms with Crippen molar-refractivity contribution in [3.05, 3.63) is 89.0 Å². The van der Waals surface area contributed by atoms with Gasteiger partial charge in [0.05, 0.1) is 0 Å². The van der Waals surface area contributed by atoms with E-state index in [1.165, 1.54) is 0 Å². The van der Waals surface area contributed by atoms with Gasteiger partial charge in [0.25, 0.3) is 0 Å². The fraction of sp³-hybridized carbons (Fsp3) is 0.160. The molecular weight excluding hydrogens is 473 g/mol. The first kappa shape index (κ1) is 21.6. The summed E-state index contributed by atoms with van der Waals surface area (Å²) in [6.07, 6.45) is 0. The minimum atomic E-state index is -3.83. The molecule has 0 unspecified atom stereocenters. The average Bonchev–Trinajstić information content (AvgIpc) is 3.12. The van der Waals surface area contributed by atoms with Crippen molar-refractivity contribution in [2.45, 2.75) is 37.5 Å². The maximum absolute atomic E-state index is 13.8. The van der Waals surface area contributed by atoms with Crippen LogP contribution in [-0.4, -0.2) is 28.5 Å². The van der Waals surface area contributed by atoms with Gasteiger partial charge in [-0.05, 0) is 0 Å². The molecule has 4 aromatic rings. The Hall–Kier alpha value is -2.66. The molecule has 0 atom stereocenters. The molecule has 0 radical (unpaired) electrons. The zero-order valence-electron chi connectivity index (χ0n) is 17.8. The maximum atomic E-state index is 13.8. The van der Waals surface area contributed by atoms with Gasteiger partial charge in [0, 0.05) is 0 Å². The van der Waals surface area contributed by atoms with Gasteiger partial charge in [0.1, 0.15) is 0 Å². The van der Waals surface area contributed by atoms with Crippen LogP contribution in [0, 0.1) is 27.7 Å². The molecule has 0 saturated heterocycles. The van der Waals surface area contributed by atoms with Gasteiger partial charge in [-0.3, -0.25) is 0 Å². The first-order chi connectivity index (χ1) is 14.8. The fourth-order valence-electron chi connectivity index (χ4n) is 3.71. The third-order valence-electron chi connectivity index (χ3n) is 5.09. The quantitative estimate of drug-likeness (QED) is 0.391. The number of rotatable bonds is 5. The number of aryl methyl sites for hydroxylation is 4. The Kier molecular flexibility index (Phi) is 5.89. The van der Waals surface area contributed by atoms with Crippen molar-refractivity contribution in [3.8, 4) is 11.3 Å². The Labute approximate surface area is 189 Å². The third-order valence-corrected chi connectivity index (χ3v) is 9.23. The molecular formula is C25H23NO3SSe. The van der Waals surface area contributed by atoms with E-state index in [1.54, 1.807) is 12.1 Å². The molecule has 31 heavy (non-hydrogen) atoms. The van der Waals surface area contributed by atoms with Crippen LogP contribution in [0.3, 0.4) is 0 Å². The molecule has 0 saturated carbocycles. The van der Waals surface area contributed by atoms with Gasteiger partial charge in [0.2, 0.25) is 0 Å².